The second-order valence-electron chi connectivity index (χ2n) is 5.23. The van der Waals surface area contributed by atoms with Gasteiger partial charge in [0.2, 0.25) is 0 Å². The second kappa shape index (κ2) is 6.32. The summed E-state index contributed by atoms with van der Waals surface area (Å²) in [7, 11) is 0. The zero-order valence-electron chi connectivity index (χ0n) is 11.3. The SMILES string of the molecule is CCC1(C)CC(NOCc2ccccc2)CCO1. The van der Waals surface area contributed by atoms with Gasteiger partial charge in [0.1, 0.15) is 0 Å². The molecule has 1 fully saturated rings. The smallest absolute Gasteiger partial charge is 0.0933 e. The topological polar surface area (TPSA) is 30.5 Å². The number of benzene rings is 1. The Bertz CT molecular complexity index is 355. The quantitative estimate of drug-likeness (QED) is 0.814. The minimum Gasteiger partial charge on any atom is -0.375 e. The fourth-order valence-electron chi connectivity index (χ4n) is 2.29. The Morgan fingerprint density at radius 2 is 2.17 bits per heavy atom. The van der Waals surface area contributed by atoms with Gasteiger partial charge in [0, 0.05) is 12.6 Å². The molecule has 3 heteroatoms. The Hall–Kier alpha value is -0.900. The van der Waals surface area contributed by atoms with E-state index in [1.807, 2.05) is 18.2 Å². The number of ether oxygens (including phenoxy) is 1. The molecule has 0 spiro atoms. The Kier molecular flexibility index (Phi) is 4.75. The van der Waals surface area contributed by atoms with Gasteiger partial charge < -0.3 is 4.74 Å². The summed E-state index contributed by atoms with van der Waals surface area (Å²) in [6, 6.07) is 10.6. The Morgan fingerprint density at radius 3 is 2.89 bits per heavy atom. The number of nitrogens with one attached hydrogen (secondary N) is 1. The highest BCUT2D eigenvalue weighted by atomic mass is 16.6. The molecule has 0 amide bonds. The third kappa shape index (κ3) is 3.80. The number of rotatable bonds is 5. The molecular weight excluding hydrogens is 226 g/mol. The van der Waals surface area contributed by atoms with Crippen LogP contribution in [0.3, 0.4) is 0 Å². The average molecular weight is 249 g/mol. The summed E-state index contributed by atoms with van der Waals surface area (Å²) in [5.74, 6) is 0. The predicted octanol–water partition coefficient (Wildman–Crippen LogP) is 3.06. The molecule has 1 aromatic carbocycles. The van der Waals surface area contributed by atoms with Crippen molar-refractivity contribution < 1.29 is 9.57 Å². The van der Waals surface area contributed by atoms with Crippen molar-refractivity contribution in [2.75, 3.05) is 6.61 Å². The third-order valence-electron chi connectivity index (χ3n) is 3.67. The summed E-state index contributed by atoms with van der Waals surface area (Å²) >= 11 is 0. The lowest BCUT2D eigenvalue weighted by Gasteiger charge is -2.37. The largest absolute Gasteiger partial charge is 0.375 e. The summed E-state index contributed by atoms with van der Waals surface area (Å²) in [5.41, 5.74) is 4.38. The van der Waals surface area contributed by atoms with Crippen molar-refractivity contribution in [3.63, 3.8) is 0 Å². The Balaban J connectivity index is 1.74. The first kappa shape index (κ1) is 13.5. The minimum absolute atomic E-state index is 0.00598. The predicted molar refractivity (Wildman–Crippen MR) is 72.0 cm³/mol. The maximum Gasteiger partial charge on any atom is 0.0933 e. The molecule has 1 saturated heterocycles. The van der Waals surface area contributed by atoms with Gasteiger partial charge in [-0.25, -0.2) is 0 Å². The van der Waals surface area contributed by atoms with E-state index < -0.39 is 0 Å². The van der Waals surface area contributed by atoms with Crippen LogP contribution in [0, 0.1) is 0 Å². The van der Waals surface area contributed by atoms with Gasteiger partial charge in [-0.05, 0) is 31.7 Å². The molecule has 3 nitrogen and oxygen atoms in total. The molecule has 2 atom stereocenters. The number of hydrogen-bond acceptors (Lipinski definition) is 3. The zero-order valence-corrected chi connectivity index (χ0v) is 11.3. The zero-order chi connectivity index (χ0) is 12.8. The van der Waals surface area contributed by atoms with Gasteiger partial charge in [0.15, 0.2) is 0 Å². The van der Waals surface area contributed by atoms with E-state index in [0.29, 0.717) is 12.6 Å². The molecule has 0 aliphatic carbocycles. The van der Waals surface area contributed by atoms with E-state index in [0.717, 1.165) is 25.9 Å². The third-order valence-corrected chi connectivity index (χ3v) is 3.67. The highest BCUT2D eigenvalue weighted by molar-refractivity contribution is 5.13. The van der Waals surface area contributed by atoms with E-state index >= 15 is 0 Å². The Morgan fingerprint density at radius 1 is 1.39 bits per heavy atom. The van der Waals surface area contributed by atoms with Crippen LogP contribution >= 0.6 is 0 Å². The van der Waals surface area contributed by atoms with Crippen LogP contribution in [0.1, 0.15) is 38.7 Å². The van der Waals surface area contributed by atoms with Crippen molar-refractivity contribution in [2.45, 2.75) is 51.4 Å². The van der Waals surface area contributed by atoms with Crippen LogP contribution in [0.4, 0.5) is 0 Å². The van der Waals surface area contributed by atoms with E-state index in [1.54, 1.807) is 0 Å². The van der Waals surface area contributed by atoms with Gasteiger partial charge >= 0.3 is 0 Å². The fraction of sp³-hybridized carbons (Fsp3) is 0.600. The Labute approximate surface area is 109 Å². The average Bonchev–Trinajstić information content (AvgIpc) is 2.40. The van der Waals surface area contributed by atoms with E-state index in [9.17, 15) is 0 Å². The molecule has 18 heavy (non-hydrogen) atoms. The highest BCUT2D eigenvalue weighted by Crippen LogP contribution is 2.27. The molecule has 2 rings (SSSR count). The van der Waals surface area contributed by atoms with Crippen molar-refractivity contribution in [3.8, 4) is 0 Å². The van der Waals surface area contributed by atoms with Gasteiger partial charge in [-0.2, -0.15) is 5.48 Å². The van der Waals surface area contributed by atoms with Gasteiger partial charge in [-0.1, -0.05) is 37.3 Å². The van der Waals surface area contributed by atoms with Crippen LogP contribution in [0.15, 0.2) is 30.3 Å². The van der Waals surface area contributed by atoms with Crippen molar-refractivity contribution in [1.82, 2.24) is 5.48 Å². The van der Waals surface area contributed by atoms with E-state index in [2.05, 4.69) is 31.5 Å². The van der Waals surface area contributed by atoms with E-state index in [4.69, 9.17) is 9.57 Å². The minimum atomic E-state index is 0.00598. The fourth-order valence-corrected chi connectivity index (χ4v) is 2.29. The lowest BCUT2D eigenvalue weighted by atomic mass is 9.90. The van der Waals surface area contributed by atoms with Crippen molar-refractivity contribution in [2.24, 2.45) is 0 Å². The van der Waals surface area contributed by atoms with E-state index in [1.165, 1.54) is 5.56 Å². The first-order valence-corrected chi connectivity index (χ1v) is 6.77. The maximum atomic E-state index is 5.81. The van der Waals surface area contributed by atoms with Crippen molar-refractivity contribution >= 4 is 0 Å². The second-order valence-corrected chi connectivity index (χ2v) is 5.23. The van der Waals surface area contributed by atoms with E-state index in [-0.39, 0.29) is 5.60 Å². The summed E-state index contributed by atoms with van der Waals surface area (Å²) in [6.07, 6.45) is 3.08. The molecule has 0 radical (unpaired) electrons. The van der Waals surface area contributed by atoms with Gasteiger partial charge in [0.25, 0.3) is 0 Å². The van der Waals surface area contributed by atoms with Crippen LogP contribution in [0.2, 0.25) is 0 Å². The normalized spacial score (nSPS) is 28.2. The molecule has 100 valence electrons. The number of hydroxylamine groups is 1. The molecule has 1 aliphatic heterocycles. The summed E-state index contributed by atoms with van der Waals surface area (Å²) < 4.78 is 5.81. The van der Waals surface area contributed by atoms with Crippen LogP contribution in [-0.4, -0.2) is 18.2 Å². The van der Waals surface area contributed by atoms with Crippen LogP contribution in [0.5, 0.6) is 0 Å². The highest BCUT2D eigenvalue weighted by Gasteiger charge is 2.31. The maximum absolute atomic E-state index is 5.81. The van der Waals surface area contributed by atoms with Gasteiger partial charge in [-0.3, -0.25) is 4.84 Å². The molecule has 1 heterocycles. The van der Waals surface area contributed by atoms with Crippen molar-refractivity contribution in [1.29, 1.82) is 0 Å². The molecule has 0 saturated carbocycles. The standard InChI is InChI=1S/C15H23NO2/c1-3-15(2)11-14(9-10-17-15)16-18-12-13-7-5-4-6-8-13/h4-8,14,16H,3,9-12H2,1-2H3. The molecule has 0 aromatic heterocycles. The number of hydrogen-bond donors (Lipinski definition) is 1. The molecule has 1 N–H and O–H groups in total. The summed E-state index contributed by atoms with van der Waals surface area (Å²) in [6.45, 7) is 5.78. The van der Waals surface area contributed by atoms with Crippen LogP contribution in [0.25, 0.3) is 0 Å². The van der Waals surface area contributed by atoms with Gasteiger partial charge in [0.05, 0.1) is 12.2 Å². The van der Waals surface area contributed by atoms with Gasteiger partial charge in [-0.15, -0.1) is 0 Å². The first-order valence-electron chi connectivity index (χ1n) is 6.77. The molecule has 1 aromatic rings. The molecule has 2 unspecified atom stereocenters. The van der Waals surface area contributed by atoms with Crippen LogP contribution in [-0.2, 0) is 16.2 Å². The lowest BCUT2D eigenvalue weighted by molar-refractivity contribution is -0.107. The summed E-state index contributed by atoms with van der Waals surface area (Å²) in [5, 5.41) is 0. The van der Waals surface area contributed by atoms with Crippen molar-refractivity contribution in [3.05, 3.63) is 35.9 Å². The molecule has 0 bridgehead atoms. The van der Waals surface area contributed by atoms with Crippen LogP contribution < -0.4 is 5.48 Å². The summed E-state index contributed by atoms with van der Waals surface area (Å²) in [4.78, 5) is 5.59. The molecule has 1 aliphatic rings. The molecular formula is C15H23NO2. The lowest BCUT2D eigenvalue weighted by Crippen LogP contribution is -2.44. The first-order chi connectivity index (χ1) is 8.72. The monoisotopic (exact) mass is 249 g/mol.